The zero-order valence-corrected chi connectivity index (χ0v) is 13.2. The lowest BCUT2D eigenvalue weighted by molar-refractivity contribution is -0.137. The summed E-state index contributed by atoms with van der Waals surface area (Å²) < 4.78 is 39.9. The van der Waals surface area contributed by atoms with Crippen molar-refractivity contribution in [1.82, 2.24) is 24.5 Å². The van der Waals surface area contributed by atoms with Gasteiger partial charge in [0.2, 0.25) is 0 Å². The monoisotopic (exact) mass is 361 g/mol. The maximum atomic E-state index is 12.6. The number of aromatic nitrogens is 5. The molecule has 0 saturated heterocycles. The number of nitrogens with two attached hydrogens (primary N) is 1. The number of nitrogens with zero attached hydrogens (tertiary/aromatic N) is 6. The summed E-state index contributed by atoms with van der Waals surface area (Å²) in [6.07, 6.45) is -1.43. The van der Waals surface area contributed by atoms with E-state index in [-0.39, 0.29) is 22.8 Å². The number of nitrogen functional groups attached to an aromatic ring is 1. The van der Waals surface area contributed by atoms with Crippen molar-refractivity contribution in [3.8, 4) is 11.9 Å². The lowest BCUT2D eigenvalue weighted by Gasteiger charge is -2.08. The molecule has 0 aromatic carbocycles. The summed E-state index contributed by atoms with van der Waals surface area (Å²) in [7, 11) is 0. The first-order chi connectivity index (χ1) is 12.2. The molecular formula is C15H10F3N7O. The van der Waals surface area contributed by atoms with Crippen LogP contribution in [-0.4, -0.2) is 30.5 Å². The van der Waals surface area contributed by atoms with Gasteiger partial charge < -0.3 is 5.73 Å². The summed E-state index contributed by atoms with van der Waals surface area (Å²) in [6.45, 7) is 1.55. The van der Waals surface area contributed by atoms with Crippen molar-refractivity contribution >= 4 is 11.7 Å². The van der Waals surface area contributed by atoms with E-state index < -0.39 is 17.6 Å². The first-order valence-corrected chi connectivity index (χ1v) is 7.10. The molecule has 3 heterocycles. The van der Waals surface area contributed by atoms with E-state index in [0.717, 1.165) is 23.0 Å². The van der Waals surface area contributed by atoms with Crippen LogP contribution in [0.5, 0.6) is 0 Å². The van der Waals surface area contributed by atoms with E-state index in [1.54, 1.807) is 13.0 Å². The van der Waals surface area contributed by atoms with Gasteiger partial charge in [-0.2, -0.15) is 33.3 Å². The molecule has 0 unspecified atom stereocenters. The quantitative estimate of drug-likeness (QED) is 0.746. The molecule has 11 heteroatoms. The fraction of sp³-hybridized carbons (Fsp3) is 0.133. The Hall–Kier alpha value is -3.68. The smallest absolute Gasteiger partial charge is 0.382 e. The van der Waals surface area contributed by atoms with Gasteiger partial charge in [-0.1, -0.05) is 0 Å². The Morgan fingerprint density at radius 3 is 2.50 bits per heavy atom. The van der Waals surface area contributed by atoms with E-state index in [2.05, 4.69) is 15.2 Å². The van der Waals surface area contributed by atoms with E-state index in [9.17, 15) is 18.0 Å². The van der Waals surface area contributed by atoms with Gasteiger partial charge in [0.15, 0.2) is 5.82 Å². The zero-order chi connectivity index (χ0) is 19.1. The fourth-order valence-electron chi connectivity index (χ4n) is 2.25. The van der Waals surface area contributed by atoms with Crippen molar-refractivity contribution in [2.75, 3.05) is 5.73 Å². The van der Waals surface area contributed by atoms with Crippen LogP contribution in [0.1, 0.15) is 27.2 Å². The molecule has 0 bridgehead atoms. The highest BCUT2D eigenvalue weighted by Crippen LogP contribution is 2.29. The largest absolute Gasteiger partial charge is 0.417 e. The number of hydrogen-bond acceptors (Lipinski definition) is 6. The van der Waals surface area contributed by atoms with Crippen molar-refractivity contribution in [2.24, 2.45) is 0 Å². The third-order valence-corrected chi connectivity index (χ3v) is 3.65. The molecule has 0 atom stereocenters. The van der Waals surface area contributed by atoms with E-state index in [0.29, 0.717) is 11.9 Å². The summed E-state index contributed by atoms with van der Waals surface area (Å²) in [6, 6.07) is 3.82. The Balaban J connectivity index is 1.96. The zero-order valence-electron chi connectivity index (χ0n) is 13.2. The summed E-state index contributed by atoms with van der Waals surface area (Å²) in [4.78, 5) is 16.3. The van der Waals surface area contributed by atoms with Crippen LogP contribution in [0.15, 0.2) is 30.7 Å². The summed E-state index contributed by atoms with van der Waals surface area (Å²) in [5.74, 6) is -0.627. The number of carbonyl (C=O) groups is 1. The van der Waals surface area contributed by atoms with Gasteiger partial charge >= 0.3 is 6.18 Å². The number of pyridine rings is 1. The number of anilines is 1. The van der Waals surface area contributed by atoms with Gasteiger partial charge in [-0.05, 0) is 19.1 Å². The van der Waals surface area contributed by atoms with Gasteiger partial charge in [-0.15, -0.1) is 0 Å². The van der Waals surface area contributed by atoms with E-state index >= 15 is 0 Å². The average molecular weight is 361 g/mol. The van der Waals surface area contributed by atoms with Crippen LogP contribution in [0.25, 0.3) is 5.82 Å². The second kappa shape index (κ2) is 5.99. The highest BCUT2D eigenvalue weighted by atomic mass is 19.4. The van der Waals surface area contributed by atoms with Crippen molar-refractivity contribution in [2.45, 2.75) is 13.1 Å². The van der Waals surface area contributed by atoms with Crippen LogP contribution in [0.2, 0.25) is 0 Å². The molecule has 2 N–H and O–H groups in total. The Morgan fingerprint density at radius 2 is 1.96 bits per heavy atom. The average Bonchev–Trinajstić information content (AvgIpc) is 3.16. The molecule has 0 radical (unpaired) electrons. The second-order valence-corrected chi connectivity index (χ2v) is 5.23. The molecule has 0 aliphatic heterocycles. The summed E-state index contributed by atoms with van der Waals surface area (Å²) in [5.41, 5.74) is 5.29. The minimum absolute atomic E-state index is 0.0489. The molecular weight excluding hydrogens is 351 g/mol. The number of halogens is 3. The maximum Gasteiger partial charge on any atom is 0.417 e. The summed E-state index contributed by atoms with van der Waals surface area (Å²) >= 11 is 0. The van der Waals surface area contributed by atoms with Gasteiger partial charge in [0.25, 0.3) is 5.91 Å². The molecule has 0 fully saturated rings. The lowest BCUT2D eigenvalue weighted by Crippen LogP contribution is -2.17. The molecule has 3 aromatic rings. The summed E-state index contributed by atoms with van der Waals surface area (Å²) in [5, 5.41) is 16.6. The molecule has 0 aliphatic rings. The van der Waals surface area contributed by atoms with E-state index in [1.165, 1.54) is 10.9 Å². The predicted octanol–water partition coefficient (Wildman–Crippen LogP) is 1.93. The second-order valence-electron chi connectivity index (χ2n) is 5.23. The van der Waals surface area contributed by atoms with Crippen LogP contribution >= 0.6 is 0 Å². The number of carbonyl (C=O) groups excluding carboxylic acids is 1. The molecule has 8 nitrogen and oxygen atoms in total. The molecule has 26 heavy (non-hydrogen) atoms. The minimum atomic E-state index is -4.50. The fourth-order valence-corrected chi connectivity index (χ4v) is 2.25. The molecule has 3 aromatic heterocycles. The van der Waals surface area contributed by atoms with E-state index in [1.807, 2.05) is 0 Å². The highest BCUT2D eigenvalue weighted by molar-refractivity contribution is 5.98. The molecule has 3 rings (SSSR count). The molecule has 0 spiro atoms. The highest BCUT2D eigenvalue weighted by Gasteiger charge is 2.31. The van der Waals surface area contributed by atoms with Crippen LogP contribution in [0, 0.1) is 18.3 Å². The normalized spacial score (nSPS) is 11.3. The third kappa shape index (κ3) is 2.77. The molecule has 0 saturated carbocycles. The van der Waals surface area contributed by atoms with Crippen molar-refractivity contribution < 1.29 is 18.0 Å². The minimum Gasteiger partial charge on any atom is -0.382 e. The van der Waals surface area contributed by atoms with Crippen LogP contribution in [-0.2, 0) is 6.18 Å². The molecule has 132 valence electrons. The Morgan fingerprint density at radius 1 is 1.23 bits per heavy atom. The first-order valence-electron chi connectivity index (χ1n) is 7.10. The Bertz CT molecular complexity index is 1030. The first kappa shape index (κ1) is 17.2. The van der Waals surface area contributed by atoms with Crippen LogP contribution in [0.3, 0.4) is 0 Å². The topological polar surface area (TPSA) is 115 Å². The van der Waals surface area contributed by atoms with Gasteiger partial charge in [0.1, 0.15) is 17.5 Å². The predicted molar refractivity (Wildman–Crippen MR) is 82.2 cm³/mol. The van der Waals surface area contributed by atoms with Crippen LogP contribution < -0.4 is 5.73 Å². The van der Waals surface area contributed by atoms with Crippen molar-refractivity contribution in [1.29, 1.82) is 5.26 Å². The standard InChI is InChI=1S/C15H10F3N7O/c1-8-11(14(26)25-13(20)9(4-19)5-22-25)7-23-24(8)12-3-2-10(6-21-12)15(16,17)18/h2-3,5-7H,20H2,1H3. The molecule has 0 amide bonds. The van der Waals surface area contributed by atoms with Gasteiger partial charge in [0.05, 0.1) is 29.2 Å². The number of nitriles is 1. The van der Waals surface area contributed by atoms with Gasteiger partial charge in [0, 0.05) is 6.20 Å². The number of hydrogen-bond donors (Lipinski definition) is 1. The van der Waals surface area contributed by atoms with Crippen LogP contribution in [0.4, 0.5) is 19.0 Å². The van der Waals surface area contributed by atoms with Crippen molar-refractivity contribution in [3.05, 3.63) is 53.1 Å². The maximum absolute atomic E-state index is 12.6. The third-order valence-electron chi connectivity index (χ3n) is 3.65. The van der Waals surface area contributed by atoms with Gasteiger partial charge in [-0.25, -0.2) is 9.67 Å². The number of rotatable bonds is 2. The molecule has 0 aliphatic carbocycles. The lowest BCUT2D eigenvalue weighted by atomic mass is 10.2. The SMILES string of the molecule is Cc1c(C(=O)n2ncc(C#N)c2N)cnn1-c1ccc(C(F)(F)F)cn1. The Kier molecular flexibility index (Phi) is 3.96. The number of alkyl halides is 3. The Labute approximate surface area is 144 Å². The van der Waals surface area contributed by atoms with Crippen molar-refractivity contribution in [3.63, 3.8) is 0 Å². The van der Waals surface area contributed by atoms with E-state index in [4.69, 9.17) is 11.0 Å². The van der Waals surface area contributed by atoms with Gasteiger partial charge in [-0.3, -0.25) is 4.79 Å².